The van der Waals surface area contributed by atoms with Gasteiger partial charge in [-0.3, -0.25) is 0 Å². The zero-order chi connectivity index (χ0) is 12.3. The minimum Gasteiger partial charge on any atom is -0.316 e. The number of piperidine rings is 1. The van der Waals surface area contributed by atoms with Crippen LogP contribution in [0.4, 0.5) is 0 Å². The monoisotopic (exact) mass is 261 g/mol. The normalized spacial score (nSPS) is 26.4. The van der Waals surface area contributed by atoms with Crippen LogP contribution in [0.25, 0.3) is 0 Å². The maximum Gasteiger partial charge on any atom is 0.279 e. The van der Waals surface area contributed by atoms with Gasteiger partial charge in [0.15, 0.2) is 0 Å². The van der Waals surface area contributed by atoms with Gasteiger partial charge in [-0.15, -0.1) is 0 Å². The van der Waals surface area contributed by atoms with E-state index in [9.17, 15) is 8.42 Å². The molecule has 2 N–H and O–H groups in total. The van der Waals surface area contributed by atoms with Crippen molar-refractivity contribution in [3.05, 3.63) is 0 Å². The van der Waals surface area contributed by atoms with Crippen molar-refractivity contribution in [2.75, 3.05) is 26.2 Å². The van der Waals surface area contributed by atoms with Crippen LogP contribution in [0.3, 0.4) is 0 Å². The molecule has 1 aliphatic heterocycles. The molecule has 17 heavy (non-hydrogen) atoms. The second-order valence-corrected chi connectivity index (χ2v) is 6.72. The summed E-state index contributed by atoms with van der Waals surface area (Å²) in [6.45, 7) is 4.98. The first-order valence-electron chi connectivity index (χ1n) is 6.60. The number of hydrogen-bond acceptors (Lipinski definition) is 3. The topological polar surface area (TPSA) is 61.4 Å². The number of nitrogens with one attached hydrogen (secondary N) is 2. The van der Waals surface area contributed by atoms with Crippen molar-refractivity contribution in [1.82, 2.24) is 14.3 Å². The lowest BCUT2D eigenvalue weighted by molar-refractivity contribution is 0.284. The van der Waals surface area contributed by atoms with Crippen LogP contribution in [0.1, 0.15) is 32.6 Å². The van der Waals surface area contributed by atoms with Crippen LogP contribution in [0.2, 0.25) is 0 Å². The van der Waals surface area contributed by atoms with E-state index in [0.717, 1.165) is 38.8 Å². The molecular formula is C11H23N3O2S. The third-order valence-electron chi connectivity index (χ3n) is 3.43. The van der Waals surface area contributed by atoms with E-state index in [1.54, 1.807) is 4.31 Å². The van der Waals surface area contributed by atoms with E-state index < -0.39 is 10.2 Å². The first-order valence-corrected chi connectivity index (χ1v) is 8.04. The van der Waals surface area contributed by atoms with Gasteiger partial charge >= 0.3 is 0 Å². The third-order valence-corrected chi connectivity index (χ3v) is 5.14. The highest BCUT2D eigenvalue weighted by molar-refractivity contribution is 7.87. The molecule has 0 aromatic rings. The molecule has 1 heterocycles. The molecule has 0 amide bonds. The van der Waals surface area contributed by atoms with Crippen molar-refractivity contribution in [3.8, 4) is 0 Å². The second kappa shape index (κ2) is 5.65. The van der Waals surface area contributed by atoms with Crippen LogP contribution < -0.4 is 10.0 Å². The van der Waals surface area contributed by atoms with E-state index in [0.29, 0.717) is 19.0 Å². The molecular weight excluding hydrogens is 238 g/mol. The summed E-state index contributed by atoms with van der Waals surface area (Å²) in [7, 11) is -3.25. The molecule has 0 bridgehead atoms. The molecule has 1 aliphatic carbocycles. The predicted octanol–water partition coefficient (Wildman–Crippen LogP) is 0.305. The molecule has 1 saturated heterocycles. The lowest BCUT2D eigenvalue weighted by Gasteiger charge is -2.29. The Kier molecular flexibility index (Phi) is 4.41. The molecule has 5 nitrogen and oxygen atoms in total. The molecule has 100 valence electrons. The number of hydrogen-bond donors (Lipinski definition) is 2. The molecule has 0 spiro atoms. The van der Waals surface area contributed by atoms with Crippen molar-refractivity contribution in [2.24, 2.45) is 5.92 Å². The van der Waals surface area contributed by atoms with E-state index in [-0.39, 0.29) is 6.04 Å². The molecule has 0 aromatic heterocycles. The molecule has 0 aromatic carbocycles. The summed E-state index contributed by atoms with van der Waals surface area (Å²) in [4.78, 5) is 0. The zero-order valence-corrected chi connectivity index (χ0v) is 11.3. The summed E-state index contributed by atoms with van der Waals surface area (Å²) in [5.41, 5.74) is 0. The fraction of sp³-hybridized carbons (Fsp3) is 1.00. The Hall–Kier alpha value is -0.170. The minimum absolute atomic E-state index is 0.251. The number of nitrogens with zero attached hydrogens (tertiary/aromatic N) is 1. The zero-order valence-electron chi connectivity index (χ0n) is 10.5. The summed E-state index contributed by atoms with van der Waals surface area (Å²) >= 11 is 0. The molecule has 1 saturated carbocycles. The Labute approximate surface area is 104 Å². The fourth-order valence-corrected chi connectivity index (χ4v) is 3.95. The average Bonchev–Trinajstić information content (AvgIpc) is 3.11. The van der Waals surface area contributed by atoms with Gasteiger partial charge in [0.2, 0.25) is 0 Å². The summed E-state index contributed by atoms with van der Waals surface area (Å²) < 4.78 is 28.5. The maximum absolute atomic E-state index is 12.1. The third kappa shape index (κ3) is 3.64. The molecule has 2 aliphatic rings. The molecule has 0 radical (unpaired) electrons. The van der Waals surface area contributed by atoms with Crippen LogP contribution in [0.15, 0.2) is 0 Å². The molecule has 6 heteroatoms. The highest BCUT2D eigenvalue weighted by atomic mass is 32.2. The predicted molar refractivity (Wildman–Crippen MR) is 67.9 cm³/mol. The maximum atomic E-state index is 12.1. The van der Waals surface area contributed by atoms with Crippen molar-refractivity contribution >= 4 is 10.2 Å². The van der Waals surface area contributed by atoms with Crippen LogP contribution in [-0.2, 0) is 10.2 Å². The summed E-state index contributed by atoms with van der Waals surface area (Å²) in [5.74, 6) is 0.470. The van der Waals surface area contributed by atoms with Crippen LogP contribution >= 0.6 is 0 Å². The highest BCUT2D eigenvalue weighted by Crippen LogP contribution is 2.30. The van der Waals surface area contributed by atoms with Gasteiger partial charge in [-0.2, -0.15) is 12.7 Å². The Bertz CT molecular complexity index is 335. The lowest BCUT2D eigenvalue weighted by atomic mass is 10.00. The summed E-state index contributed by atoms with van der Waals surface area (Å²) in [6, 6.07) is 0.251. The lowest BCUT2D eigenvalue weighted by Crippen LogP contribution is -2.46. The van der Waals surface area contributed by atoms with Crippen LogP contribution in [-0.4, -0.2) is 44.9 Å². The smallest absolute Gasteiger partial charge is 0.279 e. The molecule has 1 unspecified atom stereocenters. The first kappa shape index (κ1) is 13.3. The Morgan fingerprint density at radius 3 is 2.65 bits per heavy atom. The van der Waals surface area contributed by atoms with Crippen molar-refractivity contribution < 1.29 is 8.42 Å². The van der Waals surface area contributed by atoms with Gasteiger partial charge in [-0.25, -0.2) is 4.72 Å². The van der Waals surface area contributed by atoms with Gasteiger partial charge < -0.3 is 5.32 Å². The van der Waals surface area contributed by atoms with Crippen molar-refractivity contribution in [2.45, 2.75) is 38.6 Å². The van der Waals surface area contributed by atoms with Gasteiger partial charge in [0.25, 0.3) is 10.2 Å². The Balaban J connectivity index is 1.97. The molecule has 1 atom stereocenters. The van der Waals surface area contributed by atoms with E-state index in [1.807, 2.05) is 6.92 Å². The van der Waals surface area contributed by atoms with Crippen LogP contribution in [0, 0.1) is 5.92 Å². The van der Waals surface area contributed by atoms with Gasteiger partial charge in [0.1, 0.15) is 0 Å². The van der Waals surface area contributed by atoms with Crippen molar-refractivity contribution in [1.29, 1.82) is 0 Å². The second-order valence-electron chi connectivity index (χ2n) is 5.02. The van der Waals surface area contributed by atoms with Gasteiger partial charge in [-0.05, 0) is 44.7 Å². The largest absolute Gasteiger partial charge is 0.316 e. The van der Waals surface area contributed by atoms with Gasteiger partial charge in [0, 0.05) is 19.1 Å². The Morgan fingerprint density at radius 2 is 2.12 bits per heavy atom. The van der Waals surface area contributed by atoms with E-state index in [4.69, 9.17) is 0 Å². The molecule has 2 fully saturated rings. The first-order chi connectivity index (χ1) is 8.13. The minimum atomic E-state index is -3.25. The quantitative estimate of drug-likeness (QED) is 0.723. The standard InChI is InChI=1S/C11H23N3O2S/c1-2-13-17(15,16)14(11-5-6-11)9-10-4-3-7-12-8-10/h10-13H,2-9H2,1H3. The Morgan fingerprint density at radius 1 is 1.35 bits per heavy atom. The van der Waals surface area contributed by atoms with Gasteiger partial charge in [0.05, 0.1) is 0 Å². The highest BCUT2D eigenvalue weighted by Gasteiger charge is 2.38. The summed E-state index contributed by atoms with van der Waals surface area (Å²) in [6.07, 6.45) is 4.33. The number of rotatable bonds is 6. The van der Waals surface area contributed by atoms with Crippen LogP contribution in [0.5, 0.6) is 0 Å². The summed E-state index contributed by atoms with van der Waals surface area (Å²) in [5, 5.41) is 3.34. The SMILES string of the molecule is CCNS(=O)(=O)N(CC1CCCNC1)C1CC1. The fourth-order valence-electron chi connectivity index (χ4n) is 2.41. The average molecular weight is 261 g/mol. The van der Waals surface area contributed by atoms with E-state index >= 15 is 0 Å². The molecule has 2 rings (SSSR count). The van der Waals surface area contributed by atoms with Crippen molar-refractivity contribution in [3.63, 3.8) is 0 Å². The van der Waals surface area contributed by atoms with E-state index in [1.165, 1.54) is 0 Å². The van der Waals surface area contributed by atoms with E-state index in [2.05, 4.69) is 10.0 Å². The van der Waals surface area contributed by atoms with Gasteiger partial charge in [-0.1, -0.05) is 6.92 Å².